The van der Waals surface area contributed by atoms with Crippen LogP contribution in [0, 0.1) is 5.82 Å². The standard InChI is InChI=1S/C25H14F7N3O/c26-18-9-4-12-34-22(18)20-16(24(27,28)29)7-2-10-19(20)35-23(36)15-6-1-5-14(13-15)21-17(25(30,31)32)8-3-11-33-21/h1-13H,(H,35,36). The maximum Gasteiger partial charge on any atom is 0.418 e. The fourth-order valence-corrected chi connectivity index (χ4v) is 3.58. The minimum atomic E-state index is -4.90. The molecule has 0 saturated heterocycles. The van der Waals surface area contributed by atoms with Crippen LogP contribution in [0.25, 0.3) is 22.5 Å². The first-order chi connectivity index (χ1) is 17.0. The van der Waals surface area contributed by atoms with Gasteiger partial charge >= 0.3 is 12.4 Å². The Kier molecular flexibility index (Phi) is 6.49. The summed E-state index contributed by atoms with van der Waals surface area (Å²) < 4.78 is 95.8. The van der Waals surface area contributed by atoms with Crippen LogP contribution >= 0.6 is 0 Å². The molecule has 0 aliphatic rings. The predicted octanol–water partition coefficient (Wildman–Crippen LogP) is 7.24. The molecule has 4 aromatic rings. The Labute approximate surface area is 199 Å². The largest absolute Gasteiger partial charge is 0.418 e. The monoisotopic (exact) mass is 505 g/mol. The second-order valence-corrected chi connectivity index (χ2v) is 7.49. The van der Waals surface area contributed by atoms with Crippen LogP contribution in [0.15, 0.2) is 79.1 Å². The number of nitrogens with zero attached hydrogens (tertiary/aromatic N) is 2. The molecule has 11 heteroatoms. The number of hydrogen-bond acceptors (Lipinski definition) is 3. The van der Waals surface area contributed by atoms with E-state index in [9.17, 15) is 35.5 Å². The van der Waals surface area contributed by atoms with Gasteiger partial charge in [-0.05, 0) is 48.5 Å². The highest BCUT2D eigenvalue weighted by atomic mass is 19.4. The molecule has 2 aromatic carbocycles. The molecule has 1 N–H and O–H groups in total. The zero-order valence-electron chi connectivity index (χ0n) is 18.0. The molecule has 0 spiro atoms. The molecule has 2 heterocycles. The minimum Gasteiger partial charge on any atom is -0.321 e. The Hall–Kier alpha value is -4.28. The van der Waals surface area contributed by atoms with Crippen molar-refractivity contribution in [3.8, 4) is 22.5 Å². The Balaban J connectivity index is 1.77. The Morgan fingerprint density at radius 1 is 0.722 bits per heavy atom. The van der Waals surface area contributed by atoms with E-state index in [1.54, 1.807) is 0 Å². The summed E-state index contributed by atoms with van der Waals surface area (Å²) >= 11 is 0. The summed E-state index contributed by atoms with van der Waals surface area (Å²) in [6, 6.07) is 12.0. The smallest absolute Gasteiger partial charge is 0.321 e. The number of amides is 1. The Bertz CT molecular complexity index is 1430. The highest BCUT2D eigenvalue weighted by Gasteiger charge is 2.36. The molecule has 0 unspecified atom stereocenters. The summed E-state index contributed by atoms with van der Waals surface area (Å²) in [6.45, 7) is 0. The lowest BCUT2D eigenvalue weighted by atomic mass is 9.99. The third-order valence-corrected chi connectivity index (χ3v) is 5.12. The quantitative estimate of drug-likeness (QED) is 0.298. The Morgan fingerprint density at radius 2 is 1.33 bits per heavy atom. The van der Waals surface area contributed by atoms with E-state index in [1.807, 2.05) is 0 Å². The van der Waals surface area contributed by atoms with Crippen LogP contribution in [-0.2, 0) is 12.4 Å². The molecule has 2 aromatic heterocycles. The summed E-state index contributed by atoms with van der Waals surface area (Å²) in [5, 5.41) is 2.30. The van der Waals surface area contributed by atoms with Gasteiger partial charge in [0.1, 0.15) is 11.5 Å². The second-order valence-electron chi connectivity index (χ2n) is 7.49. The van der Waals surface area contributed by atoms with E-state index in [2.05, 4.69) is 15.3 Å². The molecular formula is C25H14F7N3O. The summed E-state index contributed by atoms with van der Waals surface area (Å²) in [5.41, 5.74) is -4.55. The van der Waals surface area contributed by atoms with E-state index in [4.69, 9.17) is 0 Å². The third-order valence-electron chi connectivity index (χ3n) is 5.12. The van der Waals surface area contributed by atoms with Gasteiger partial charge in [-0.2, -0.15) is 26.3 Å². The van der Waals surface area contributed by atoms with Crippen molar-refractivity contribution in [2.24, 2.45) is 0 Å². The van der Waals surface area contributed by atoms with Gasteiger partial charge in [-0.1, -0.05) is 18.2 Å². The lowest BCUT2D eigenvalue weighted by molar-refractivity contribution is -0.138. The molecule has 4 nitrogen and oxygen atoms in total. The number of hydrogen-bond donors (Lipinski definition) is 1. The molecule has 0 fully saturated rings. The van der Waals surface area contributed by atoms with Crippen molar-refractivity contribution in [3.63, 3.8) is 0 Å². The first-order valence-electron chi connectivity index (χ1n) is 10.2. The van der Waals surface area contributed by atoms with Crippen LogP contribution in [0.4, 0.5) is 36.4 Å². The number of carbonyl (C=O) groups is 1. The summed E-state index contributed by atoms with van der Waals surface area (Å²) in [6.07, 6.45) is -7.34. The zero-order chi connectivity index (χ0) is 26.1. The van der Waals surface area contributed by atoms with Crippen LogP contribution < -0.4 is 5.32 Å². The van der Waals surface area contributed by atoms with Gasteiger partial charge in [0, 0.05) is 29.1 Å². The lowest BCUT2D eigenvalue weighted by Gasteiger charge is -2.18. The molecule has 0 saturated carbocycles. The fraction of sp³-hybridized carbons (Fsp3) is 0.0800. The maximum absolute atomic E-state index is 14.4. The molecule has 36 heavy (non-hydrogen) atoms. The summed E-state index contributed by atoms with van der Waals surface area (Å²) in [5.74, 6) is -1.97. The number of nitrogens with one attached hydrogen (secondary N) is 1. The van der Waals surface area contributed by atoms with Gasteiger partial charge in [-0.3, -0.25) is 14.8 Å². The predicted molar refractivity (Wildman–Crippen MR) is 117 cm³/mol. The number of pyridine rings is 2. The lowest BCUT2D eigenvalue weighted by Crippen LogP contribution is -2.16. The normalized spacial score (nSPS) is 11.9. The topological polar surface area (TPSA) is 54.9 Å². The molecule has 0 bridgehead atoms. The van der Waals surface area contributed by atoms with Crippen LogP contribution in [-0.4, -0.2) is 15.9 Å². The van der Waals surface area contributed by atoms with E-state index in [-0.39, 0.29) is 16.8 Å². The van der Waals surface area contributed by atoms with Gasteiger partial charge in [0.15, 0.2) is 0 Å². The van der Waals surface area contributed by atoms with E-state index < -0.39 is 52.2 Å². The molecule has 0 atom stereocenters. The van der Waals surface area contributed by atoms with Gasteiger partial charge < -0.3 is 5.32 Å². The van der Waals surface area contributed by atoms with E-state index in [1.165, 1.54) is 24.3 Å². The number of alkyl halides is 6. The van der Waals surface area contributed by atoms with Crippen LogP contribution in [0.5, 0.6) is 0 Å². The van der Waals surface area contributed by atoms with Crippen molar-refractivity contribution < 1.29 is 35.5 Å². The number of anilines is 1. The number of benzene rings is 2. The van der Waals surface area contributed by atoms with Crippen molar-refractivity contribution in [2.75, 3.05) is 5.32 Å². The van der Waals surface area contributed by atoms with Crippen LogP contribution in [0.1, 0.15) is 21.5 Å². The fourth-order valence-electron chi connectivity index (χ4n) is 3.58. The van der Waals surface area contributed by atoms with Crippen molar-refractivity contribution in [1.29, 1.82) is 0 Å². The van der Waals surface area contributed by atoms with Gasteiger partial charge in [0.2, 0.25) is 0 Å². The molecular weight excluding hydrogens is 491 g/mol. The number of aromatic nitrogens is 2. The number of halogens is 7. The molecule has 0 radical (unpaired) electrons. The van der Waals surface area contributed by atoms with Crippen molar-refractivity contribution in [3.05, 3.63) is 102 Å². The second kappa shape index (κ2) is 9.40. The van der Waals surface area contributed by atoms with Gasteiger partial charge in [0.05, 0.1) is 22.5 Å². The van der Waals surface area contributed by atoms with Crippen LogP contribution in [0.2, 0.25) is 0 Å². The molecule has 1 amide bonds. The van der Waals surface area contributed by atoms with Crippen molar-refractivity contribution in [1.82, 2.24) is 9.97 Å². The SMILES string of the molecule is O=C(Nc1cccc(C(F)(F)F)c1-c1ncccc1F)c1cccc(-c2ncccc2C(F)(F)F)c1. The molecule has 0 aliphatic carbocycles. The van der Waals surface area contributed by atoms with E-state index >= 15 is 0 Å². The summed E-state index contributed by atoms with van der Waals surface area (Å²) in [7, 11) is 0. The highest BCUT2D eigenvalue weighted by Crippen LogP contribution is 2.41. The van der Waals surface area contributed by atoms with E-state index in [0.29, 0.717) is 0 Å². The van der Waals surface area contributed by atoms with Gasteiger partial charge in [-0.25, -0.2) is 4.39 Å². The molecule has 4 rings (SSSR count). The first-order valence-corrected chi connectivity index (χ1v) is 10.2. The molecule has 184 valence electrons. The van der Waals surface area contributed by atoms with Crippen LogP contribution in [0.3, 0.4) is 0 Å². The Morgan fingerprint density at radius 3 is 2.00 bits per heavy atom. The van der Waals surface area contributed by atoms with Gasteiger partial charge in [0.25, 0.3) is 5.91 Å². The average Bonchev–Trinajstić information content (AvgIpc) is 2.83. The average molecular weight is 505 g/mol. The number of rotatable bonds is 4. The van der Waals surface area contributed by atoms with Crippen molar-refractivity contribution >= 4 is 11.6 Å². The van der Waals surface area contributed by atoms with Crippen molar-refractivity contribution in [2.45, 2.75) is 12.4 Å². The highest BCUT2D eigenvalue weighted by molar-refractivity contribution is 6.07. The minimum absolute atomic E-state index is 0.0318. The number of carbonyl (C=O) groups excluding carboxylic acids is 1. The maximum atomic E-state index is 14.4. The third kappa shape index (κ3) is 5.04. The zero-order valence-corrected chi connectivity index (χ0v) is 18.0. The van der Waals surface area contributed by atoms with Gasteiger partial charge in [-0.15, -0.1) is 0 Å². The van der Waals surface area contributed by atoms with E-state index in [0.717, 1.165) is 54.9 Å². The summed E-state index contributed by atoms with van der Waals surface area (Å²) in [4.78, 5) is 20.4. The first kappa shape index (κ1) is 24.8. The molecule has 0 aliphatic heterocycles.